The topological polar surface area (TPSA) is 29.5 Å². The van der Waals surface area contributed by atoms with Crippen molar-refractivity contribution in [1.29, 1.82) is 0 Å². The minimum atomic E-state index is -0.489. The first-order valence-electron chi connectivity index (χ1n) is 5.62. The molecule has 0 spiro atoms. The van der Waals surface area contributed by atoms with Crippen LogP contribution in [0.25, 0.3) is 0 Å². The van der Waals surface area contributed by atoms with Crippen LogP contribution in [0.3, 0.4) is 0 Å². The predicted molar refractivity (Wildman–Crippen MR) is 58.3 cm³/mol. The molecule has 0 saturated heterocycles. The molecule has 1 saturated carbocycles. The number of methoxy groups -OCH3 is 1. The van der Waals surface area contributed by atoms with Crippen LogP contribution in [-0.4, -0.2) is 23.4 Å². The highest BCUT2D eigenvalue weighted by Crippen LogP contribution is 2.38. The Bertz CT molecular complexity index is 181. The van der Waals surface area contributed by atoms with E-state index in [0.717, 1.165) is 25.2 Å². The van der Waals surface area contributed by atoms with Gasteiger partial charge in [-0.1, -0.05) is 12.8 Å². The predicted octanol–water partition coefficient (Wildman–Crippen LogP) is 2.74. The van der Waals surface area contributed by atoms with Crippen LogP contribution >= 0.6 is 0 Å². The third-order valence-corrected chi connectivity index (χ3v) is 3.24. The van der Waals surface area contributed by atoms with E-state index in [2.05, 4.69) is 13.8 Å². The highest BCUT2D eigenvalue weighted by Gasteiger charge is 2.32. The van der Waals surface area contributed by atoms with Crippen LogP contribution in [0, 0.1) is 5.92 Å². The summed E-state index contributed by atoms with van der Waals surface area (Å²) in [6, 6.07) is 0. The Hall–Kier alpha value is -0.0800. The van der Waals surface area contributed by atoms with Gasteiger partial charge in [-0.25, -0.2) is 0 Å². The molecular formula is C12H24O2. The maximum atomic E-state index is 10.1. The van der Waals surface area contributed by atoms with Crippen molar-refractivity contribution in [2.24, 2.45) is 5.92 Å². The van der Waals surface area contributed by atoms with Crippen LogP contribution in [0.4, 0.5) is 0 Å². The molecule has 1 N–H and O–H groups in total. The zero-order chi connectivity index (χ0) is 10.8. The minimum absolute atomic E-state index is 0.104. The molecule has 14 heavy (non-hydrogen) atoms. The van der Waals surface area contributed by atoms with Gasteiger partial charge in [0.1, 0.15) is 0 Å². The van der Waals surface area contributed by atoms with Crippen LogP contribution < -0.4 is 0 Å². The Morgan fingerprint density at radius 1 is 1.21 bits per heavy atom. The summed E-state index contributed by atoms with van der Waals surface area (Å²) in [5.41, 5.74) is -0.593. The van der Waals surface area contributed by atoms with Gasteiger partial charge in [0.2, 0.25) is 0 Å². The van der Waals surface area contributed by atoms with E-state index in [1.807, 2.05) is 6.92 Å². The largest absolute Gasteiger partial charge is 0.390 e. The van der Waals surface area contributed by atoms with Gasteiger partial charge in [0, 0.05) is 7.11 Å². The number of rotatable bonds is 6. The zero-order valence-corrected chi connectivity index (χ0v) is 9.97. The lowest BCUT2D eigenvalue weighted by atomic mass is 9.89. The van der Waals surface area contributed by atoms with E-state index in [1.54, 1.807) is 7.11 Å². The Morgan fingerprint density at radius 2 is 1.79 bits per heavy atom. The van der Waals surface area contributed by atoms with Gasteiger partial charge in [0.25, 0.3) is 0 Å². The molecule has 2 nitrogen and oxygen atoms in total. The first-order chi connectivity index (χ1) is 6.35. The van der Waals surface area contributed by atoms with Crippen molar-refractivity contribution in [3.63, 3.8) is 0 Å². The summed E-state index contributed by atoms with van der Waals surface area (Å²) in [6.07, 6.45) is 5.34. The lowest BCUT2D eigenvalue weighted by Gasteiger charge is -2.29. The monoisotopic (exact) mass is 200 g/mol. The molecule has 1 fully saturated rings. The van der Waals surface area contributed by atoms with E-state index in [9.17, 15) is 5.11 Å². The number of hydrogen-bond donors (Lipinski definition) is 1. The molecule has 1 rings (SSSR count). The lowest BCUT2D eigenvalue weighted by molar-refractivity contribution is -0.0239. The normalized spacial score (nSPS) is 22.1. The molecule has 0 aromatic heterocycles. The standard InChI is InChI=1S/C12H24O2/c1-11(2,14-4)7-8-12(3,13)9-10-5-6-10/h10,13H,5-9H2,1-4H3. The fourth-order valence-corrected chi connectivity index (χ4v) is 1.72. The second kappa shape index (κ2) is 4.19. The number of hydrogen-bond acceptors (Lipinski definition) is 2. The Labute approximate surface area is 87.7 Å². The van der Waals surface area contributed by atoms with Gasteiger partial charge in [-0.2, -0.15) is 0 Å². The Morgan fingerprint density at radius 3 is 2.21 bits per heavy atom. The molecule has 0 bridgehead atoms. The first kappa shape index (κ1) is 12.0. The molecule has 1 aliphatic carbocycles. The third kappa shape index (κ3) is 4.43. The van der Waals surface area contributed by atoms with Crippen molar-refractivity contribution in [2.75, 3.05) is 7.11 Å². The van der Waals surface area contributed by atoms with Crippen molar-refractivity contribution < 1.29 is 9.84 Å². The molecule has 0 aromatic carbocycles. The number of ether oxygens (including phenoxy) is 1. The Balaban J connectivity index is 2.26. The van der Waals surface area contributed by atoms with Gasteiger partial charge >= 0.3 is 0 Å². The molecule has 2 heteroatoms. The highest BCUT2D eigenvalue weighted by molar-refractivity contribution is 4.85. The summed E-state index contributed by atoms with van der Waals surface area (Å²) in [7, 11) is 1.73. The summed E-state index contributed by atoms with van der Waals surface area (Å²) >= 11 is 0. The van der Waals surface area contributed by atoms with Crippen LogP contribution in [0.5, 0.6) is 0 Å². The molecule has 1 atom stereocenters. The van der Waals surface area contributed by atoms with Gasteiger partial charge in [0.05, 0.1) is 11.2 Å². The van der Waals surface area contributed by atoms with Gasteiger partial charge < -0.3 is 9.84 Å². The average molecular weight is 200 g/mol. The van der Waals surface area contributed by atoms with Crippen LogP contribution in [0.1, 0.15) is 52.9 Å². The van der Waals surface area contributed by atoms with E-state index in [4.69, 9.17) is 4.74 Å². The van der Waals surface area contributed by atoms with E-state index in [0.29, 0.717) is 0 Å². The molecule has 1 aliphatic rings. The molecule has 0 radical (unpaired) electrons. The van der Waals surface area contributed by atoms with Crippen LogP contribution in [0.15, 0.2) is 0 Å². The van der Waals surface area contributed by atoms with Crippen molar-refractivity contribution in [3.05, 3.63) is 0 Å². The van der Waals surface area contributed by atoms with Crippen molar-refractivity contribution in [2.45, 2.75) is 64.1 Å². The molecule has 0 aliphatic heterocycles. The van der Waals surface area contributed by atoms with Crippen molar-refractivity contribution in [3.8, 4) is 0 Å². The summed E-state index contributed by atoms with van der Waals surface area (Å²) in [5.74, 6) is 0.788. The van der Waals surface area contributed by atoms with Crippen molar-refractivity contribution >= 4 is 0 Å². The van der Waals surface area contributed by atoms with Gasteiger partial charge in [-0.15, -0.1) is 0 Å². The average Bonchev–Trinajstić information content (AvgIpc) is 2.85. The summed E-state index contributed by atoms with van der Waals surface area (Å²) in [5, 5.41) is 10.1. The van der Waals surface area contributed by atoms with Gasteiger partial charge in [0.15, 0.2) is 0 Å². The molecular weight excluding hydrogens is 176 g/mol. The first-order valence-corrected chi connectivity index (χ1v) is 5.62. The van der Waals surface area contributed by atoms with Gasteiger partial charge in [-0.3, -0.25) is 0 Å². The second-order valence-electron chi connectivity index (χ2n) is 5.61. The number of aliphatic hydroxyl groups is 1. The zero-order valence-electron chi connectivity index (χ0n) is 9.97. The maximum Gasteiger partial charge on any atom is 0.0623 e. The summed E-state index contributed by atoms with van der Waals surface area (Å²) in [4.78, 5) is 0. The fraction of sp³-hybridized carbons (Fsp3) is 1.00. The highest BCUT2D eigenvalue weighted by atomic mass is 16.5. The Kier molecular flexibility index (Phi) is 3.59. The minimum Gasteiger partial charge on any atom is -0.390 e. The van der Waals surface area contributed by atoms with E-state index < -0.39 is 5.60 Å². The third-order valence-electron chi connectivity index (χ3n) is 3.24. The van der Waals surface area contributed by atoms with E-state index in [-0.39, 0.29) is 5.60 Å². The lowest BCUT2D eigenvalue weighted by Crippen LogP contribution is -2.31. The van der Waals surface area contributed by atoms with Gasteiger partial charge in [-0.05, 0) is 46.0 Å². The molecule has 0 aromatic rings. The smallest absolute Gasteiger partial charge is 0.0623 e. The molecule has 0 heterocycles. The quantitative estimate of drug-likeness (QED) is 0.714. The van der Waals surface area contributed by atoms with Crippen LogP contribution in [0.2, 0.25) is 0 Å². The summed E-state index contributed by atoms with van der Waals surface area (Å²) in [6.45, 7) is 6.09. The fourth-order valence-electron chi connectivity index (χ4n) is 1.72. The van der Waals surface area contributed by atoms with Crippen LogP contribution in [-0.2, 0) is 4.74 Å². The maximum absolute atomic E-state index is 10.1. The van der Waals surface area contributed by atoms with E-state index >= 15 is 0 Å². The van der Waals surface area contributed by atoms with Crippen molar-refractivity contribution in [1.82, 2.24) is 0 Å². The summed E-state index contributed by atoms with van der Waals surface area (Å²) < 4.78 is 5.34. The molecule has 0 amide bonds. The second-order valence-corrected chi connectivity index (χ2v) is 5.61. The molecule has 84 valence electrons. The SMILES string of the molecule is COC(C)(C)CCC(C)(O)CC1CC1. The molecule has 1 unspecified atom stereocenters. The van der Waals surface area contributed by atoms with E-state index in [1.165, 1.54) is 12.8 Å².